The van der Waals surface area contributed by atoms with Crippen molar-refractivity contribution in [2.24, 2.45) is 11.8 Å². The predicted molar refractivity (Wildman–Crippen MR) is 74.3 cm³/mol. The Bertz CT molecular complexity index is 350. The fraction of sp³-hybridized carbons (Fsp3) is 0.867. The molecule has 1 unspecified atom stereocenters. The molecular weight excluding hydrogens is 258 g/mol. The van der Waals surface area contributed by atoms with Crippen LogP contribution < -0.4 is 0 Å². The molecule has 1 saturated heterocycles. The van der Waals surface area contributed by atoms with Crippen molar-refractivity contribution in [1.82, 2.24) is 4.90 Å². The first kappa shape index (κ1) is 15.3. The molecule has 2 fully saturated rings. The van der Waals surface area contributed by atoms with Gasteiger partial charge in [-0.25, -0.2) is 0 Å². The maximum Gasteiger partial charge on any atom is 0.306 e. The molecule has 1 heterocycles. The highest BCUT2D eigenvalue weighted by Gasteiger charge is 2.32. The third-order valence-corrected chi connectivity index (χ3v) is 4.63. The lowest BCUT2D eigenvalue weighted by atomic mass is 9.80. The van der Waals surface area contributed by atoms with Gasteiger partial charge in [0.25, 0.3) is 0 Å². The van der Waals surface area contributed by atoms with E-state index in [0.29, 0.717) is 19.7 Å². The van der Waals surface area contributed by atoms with Gasteiger partial charge < -0.3 is 14.7 Å². The second kappa shape index (κ2) is 7.07. The monoisotopic (exact) mass is 283 g/mol. The topological polar surface area (TPSA) is 66.8 Å². The first-order valence-corrected chi connectivity index (χ1v) is 7.72. The average molecular weight is 283 g/mol. The summed E-state index contributed by atoms with van der Waals surface area (Å²) in [5, 5.41) is 8.81. The van der Waals surface area contributed by atoms with Crippen molar-refractivity contribution in [1.29, 1.82) is 0 Å². The standard InChI is InChI=1S/C15H25NO4/c1-2-11-3-5-12(6-4-11)15(19)16-7-8-20-13(10-16)9-14(17)18/h11-13H,2-10H2,1H3,(H,17,18). The van der Waals surface area contributed by atoms with Gasteiger partial charge in [0, 0.05) is 19.0 Å². The maximum absolute atomic E-state index is 12.5. The van der Waals surface area contributed by atoms with E-state index in [1.807, 2.05) is 4.90 Å². The van der Waals surface area contributed by atoms with Crippen LogP contribution in [-0.2, 0) is 14.3 Å². The zero-order chi connectivity index (χ0) is 14.5. The molecule has 0 aromatic heterocycles. The average Bonchev–Trinajstić information content (AvgIpc) is 2.46. The third-order valence-electron chi connectivity index (χ3n) is 4.63. The van der Waals surface area contributed by atoms with Crippen molar-refractivity contribution in [2.75, 3.05) is 19.7 Å². The normalized spacial score (nSPS) is 31.1. The van der Waals surface area contributed by atoms with Crippen LogP contribution in [-0.4, -0.2) is 47.7 Å². The lowest BCUT2D eigenvalue weighted by Crippen LogP contribution is -2.48. The predicted octanol–water partition coefficient (Wildman–Crippen LogP) is 1.90. The Morgan fingerprint density at radius 1 is 1.25 bits per heavy atom. The summed E-state index contributed by atoms with van der Waals surface area (Å²) >= 11 is 0. The number of morpholine rings is 1. The van der Waals surface area contributed by atoms with E-state index in [2.05, 4.69) is 6.92 Å². The first-order valence-electron chi connectivity index (χ1n) is 7.72. The summed E-state index contributed by atoms with van der Waals surface area (Å²) in [6.07, 6.45) is 5.10. The lowest BCUT2D eigenvalue weighted by Gasteiger charge is -2.36. The molecule has 0 spiro atoms. The van der Waals surface area contributed by atoms with Crippen LogP contribution in [0.1, 0.15) is 45.4 Å². The molecule has 1 atom stereocenters. The molecule has 1 aliphatic heterocycles. The van der Waals surface area contributed by atoms with E-state index in [1.54, 1.807) is 0 Å². The van der Waals surface area contributed by atoms with Crippen LogP contribution in [0.15, 0.2) is 0 Å². The van der Waals surface area contributed by atoms with Crippen LogP contribution in [0, 0.1) is 11.8 Å². The van der Waals surface area contributed by atoms with E-state index in [-0.39, 0.29) is 24.3 Å². The number of carboxylic acids is 1. The minimum Gasteiger partial charge on any atom is -0.481 e. The van der Waals surface area contributed by atoms with Crippen molar-refractivity contribution in [3.8, 4) is 0 Å². The zero-order valence-electron chi connectivity index (χ0n) is 12.2. The Kier molecular flexibility index (Phi) is 5.40. The molecule has 1 amide bonds. The van der Waals surface area contributed by atoms with Crippen LogP contribution >= 0.6 is 0 Å². The zero-order valence-corrected chi connectivity index (χ0v) is 12.2. The van der Waals surface area contributed by atoms with Crippen molar-refractivity contribution in [2.45, 2.75) is 51.6 Å². The Morgan fingerprint density at radius 3 is 2.55 bits per heavy atom. The summed E-state index contributed by atoms with van der Waals surface area (Å²) in [5.41, 5.74) is 0. The second-order valence-corrected chi connectivity index (χ2v) is 6.00. The van der Waals surface area contributed by atoms with Gasteiger partial charge in [0.05, 0.1) is 19.1 Å². The number of nitrogens with zero attached hydrogens (tertiary/aromatic N) is 1. The molecule has 1 saturated carbocycles. The minimum absolute atomic E-state index is 0.0215. The molecule has 114 valence electrons. The van der Waals surface area contributed by atoms with Crippen molar-refractivity contribution in [3.63, 3.8) is 0 Å². The SMILES string of the molecule is CCC1CCC(C(=O)N2CCOC(CC(=O)O)C2)CC1. The molecule has 1 aliphatic carbocycles. The molecular formula is C15H25NO4. The summed E-state index contributed by atoms with van der Waals surface area (Å²) in [6, 6.07) is 0. The smallest absolute Gasteiger partial charge is 0.306 e. The van der Waals surface area contributed by atoms with Gasteiger partial charge in [-0.05, 0) is 31.6 Å². The van der Waals surface area contributed by atoms with Crippen molar-refractivity contribution in [3.05, 3.63) is 0 Å². The van der Waals surface area contributed by atoms with E-state index in [1.165, 1.54) is 6.42 Å². The largest absolute Gasteiger partial charge is 0.481 e. The summed E-state index contributed by atoms with van der Waals surface area (Å²) < 4.78 is 5.42. The molecule has 2 rings (SSSR count). The number of ether oxygens (including phenoxy) is 1. The van der Waals surface area contributed by atoms with E-state index < -0.39 is 5.97 Å². The van der Waals surface area contributed by atoms with Gasteiger partial charge in [0.15, 0.2) is 0 Å². The van der Waals surface area contributed by atoms with Gasteiger partial charge in [-0.15, -0.1) is 0 Å². The molecule has 0 aromatic rings. The van der Waals surface area contributed by atoms with Gasteiger partial charge in [0.2, 0.25) is 5.91 Å². The maximum atomic E-state index is 12.5. The fourth-order valence-corrected chi connectivity index (χ4v) is 3.31. The van der Waals surface area contributed by atoms with Crippen molar-refractivity contribution < 1.29 is 19.4 Å². The Hall–Kier alpha value is -1.10. The third kappa shape index (κ3) is 3.95. The minimum atomic E-state index is -0.868. The van der Waals surface area contributed by atoms with Crippen LogP contribution in [0.4, 0.5) is 0 Å². The number of carbonyl (C=O) groups excluding carboxylic acids is 1. The Morgan fingerprint density at radius 2 is 1.95 bits per heavy atom. The van der Waals surface area contributed by atoms with Crippen LogP contribution in [0.3, 0.4) is 0 Å². The number of carbonyl (C=O) groups is 2. The highest BCUT2D eigenvalue weighted by atomic mass is 16.5. The van der Waals surface area contributed by atoms with Gasteiger partial charge in [-0.3, -0.25) is 9.59 Å². The second-order valence-electron chi connectivity index (χ2n) is 6.00. The molecule has 0 aromatic carbocycles. The van der Waals surface area contributed by atoms with Crippen LogP contribution in [0.2, 0.25) is 0 Å². The molecule has 20 heavy (non-hydrogen) atoms. The number of hydrogen-bond acceptors (Lipinski definition) is 3. The van der Waals surface area contributed by atoms with Crippen LogP contribution in [0.5, 0.6) is 0 Å². The summed E-state index contributed by atoms with van der Waals surface area (Å²) in [5.74, 6) is 0.260. The molecule has 5 nitrogen and oxygen atoms in total. The highest BCUT2D eigenvalue weighted by Crippen LogP contribution is 2.32. The molecule has 5 heteroatoms. The number of amides is 1. The molecule has 1 N–H and O–H groups in total. The van der Waals surface area contributed by atoms with E-state index in [4.69, 9.17) is 9.84 Å². The van der Waals surface area contributed by atoms with E-state index in [9.17, 15) is 9.59 Å². The van der Waals surface area contributed by atoms with Gasteiger partial charge in [-0.2, -0.15) is 0 Å². The summed E-state index contributed by atoms with van der Waals surface area (Å²) in [6.45, 7) is 3.70. The summed E-state index contributed by atoms with van der Waals surface area (Å²) in [7, 11) is 0. The number of carboxylic acid groups (broad SMARTS) is 1. The summed E-state index contributed by atoms with van der Waals surface area (Å²) in [4.78, 5) is 25.0. The highest BCUT2D eigenvalue weighted by molar-refractivity contribution is 5.79. The van der Waals surface area contributed by atoms with Crippen LogP contribution in [0.25, 0.3) is 0 Å². The quantitative estimate of drug-likeness (QED) is 0.855. The van der Waals surface area contributed by atoms with E-state index >= 15 is 0 Å². The molecule has 0 bridgehead atoms. The van der Waals surface area contributed by atoms with Crippen molar-refractivity contribution >= 4 is 11.9 Å². The number of rotatable bonds is 4. The number of hydrogen-bond donors (Lipinski definition) is 1. The Balaban J connectivity index is 1.84. The van der Waals surface area contributed by atoms with Gasteiger partial charge >= 0.3 is 5.97 Å². The first-order chi connectivity index (χ1) is 9.60. The molecule has 0 radical (unpaired) electrons. The lowest BCUT2D eigenvalue weighted by molar-refractivity contribution is -0.150. The van der Waals surface area contributed by atoms with Gasteiger partial charge in [0.1, 0.15) is 0 Å². The van der Waals surface area contributed by atoms with Gasteiger partial charge in [-0.1, -0.05) is 13.3 Å². The fourth-order valence-electron chi connectivity index (χ4n) is 3.31. The molecule has 2 aliphatic rings. The Labute approximate surface area is 120 Å². The van der Waals surface area contributed by atoms with E-state index in [0.717, 1.165) is 31.6 Å². The number of aliphatic carboxylic acids is 1.